The Morgan fingerprint density at radius 3 is 2.25 bits per heavy atom. The summed E-state index contributed by atoms with van der Waals surface area (Å²) in [7, 11) is 0. The van der Waals surface area contributed by atoms with E-state index in [2.05, 4.69) is 16.0 Å². The molecular formula is C20H25N3O5. The number of rotatable bonds is 6. The van der Waals surface area contributed by atoms with Gasteiger partial charge in [-0.05, 0) is 49.9 Å². The van der Waals surface area contributed by atoms with Crippen molar-refractivity contribution in [3.8, 4) is 0 Å². The number of imide groups is 1. The first kappa shape index (κ1) is 19.9. The van der Waals surface area contributed by atoms with E-state index in [1.54, 1.807) is 12.1 Å². The largest absolute Gasteiger partial charge is 0.452 e. The number of hydrogen-bond acceptors (Lipinski definition) is 5. The minimum absolute atomic E-state index is 0.0153. The Bertz CT molecular complexity index is 737. The Morgan fingerprint density at radius 2 is 1.61 bits per heavy atom. The molecule has 0 saturated heterocycles. The van der Waals surface area contributed by atoms with Gasteiger partial charge in [-0.25, -0.2) is 9.59 Å². The third-order valence-electron chi connectivity index (χ3n) is 4.86. The Balaban J connectivity index is 1.38. The fraction of sp³-hybridized carbons (Fsp3) is 0.500. The van der Waals surface area contributed by atoms with E-state index in [0.717, 1.165) is 38.5 Å². The summed E-state index contributed by atoms with van der Waals surface area (Å²) in [6.07, 6.45) is 6.96. The van der Waals surface area contributed by atoms with E-state index >= 15 is 0 Å². The number of carbonyl (C=O) groups is 4. The van der Waals surface area contributed by atoms with Gasteiger partial charge in [0.25, 0.3) is 5.91 Å². The minimum atomic E-state index is -0.685. The monoisotopic (exact) mass is 387 g/mol. The molecule has 8 heteroatoms. The number of urea groups is 1. The Kier molecular flexibility index (Phi) is 6.62. The number of benzene rings is 1. The summed E-state index contributed by atoms with van der Waals surface area (Å²) in [5.41, 5.74) is 0.856. The third-order valence-corrected chi connectivity index (χ3v) is 4.86. The van der Waals surface area contributed by atoms with E-state index in [-0.39, 0.29) is 23.4 Å². The van der Waals surface area contributed by atoms with E-state index in [1.807, 2.05) is 0 Å². The van der Waals surface area contributed by atoms with Crippen molar-refractivity contribution in [2.75, 3.05) is 11.9 Å². The molecule has 2 aliphatic rings. The molecule has 28 heavy (non-hydrogen) atoms. The van der Waals surface area contributed by atoms with Gasteiger partial charge < -0.3 is 15.4 Å². The first-order chi connectivity index (χ1) is 13.5. The quantitative estimate of drug-likeness (QED) is 0.649. The zero-order chi connectivity index (χ0) is 19.9. The van der Waals surface area contributed by atoms with Crippen LogP contribution in [0, 0.1) is 5.92 Å². The normalized spacial score (nSPS) is 16.7. The van der Waals surface area contributed by atoms with Gasteiger partial charge in [-0.3, -0.25) is 14.9 Å². The molecule has 0 aliphatic heterocycles. The fourth-order valence-corrected chi connectivity index (χ4v) is 3.13. The molecule has 0 bridgehead atoms. The molecule has 0 radical (unpaired) electrons. The number of amides is 4. The van der Waals surface area contributed by atoms with Crippen LogP contribution in [0.15, 0.2) is 24.3 Å². The third kappa shape index (κ3) is 6.07. The highest BCUT2D eigenvalue weighted by molar-refractivity contribution is 5.97. The molecule has 0 unspecified atom stereocenters. The standard InChI is InChI=1S/C20H25N3O5/c24-17(23-20(27)22-15-4-2-1-3-5-15)12-28-19(26)14-8-10-16(11-9-14)21-18(25)13-6-7-13/h8-11,13,15H,1-7,12H2,(H,21,25)(H2,22,23,24,27). The van der Waals surface area contributed by atoms with Crippen LogP contribution in [0.25, 0.3) is 0 Å². The summed E-state index contributed by atoms with van der Waals surface area (Å²) >= 11 is 0. The van der Waals surface area contributed by atoms with Crippen LogP contribution in [0.5, 0.6) is 0 Å². The second-order valence-electron chi connectivity index (χ2n) is 7.27. The summed E-state index contributed by atoms with van der Waals surface area (Å²) in [6, 6.07) is 5.76. The topological polar surface area (TPSA) is 114 Å². The summed E-state index contributed by atoms with van der Waals surface area (Å²) in [5, 5.41) is 7.70. The molecule has 0 atom stereocenters. The van der Waals surface area contributed by atoms with Crippen LogP contribution in [-0.2, 0) is 14.3 Å². The molecule has 1 aromatic carbocycles. The number of anilines is 1. The molecule has 0 spiro atoms. The van der Waals surface area contributed by atoms with Gasteiger partial charge in [0.15, 0.2) is 6.61 Å². The van der Waals surface area contributed by atoms with Crippen molar-refractivity contribution < 1.29 is 23.9 Å². The van der Waals surface area contributed by atoms with Crippen molar-refractivity contribution >= 4 is 29.5 Å². The van der Waals surface area contributed by atoms with Crippen molar-refractivity contribution in [2.45, 2.75) is 51.0 Å². The maximum absolute atomic E-state index is 12.0. The zero-order valence-corrected chi connectivity index (χ0v) is 15.7. The number of carbonyl (C=O) groups excluding carboxylic acids is 4. The smallest absolute Gasteiger partial charge is 0.338 e. The van der Waals surface area contributed by atoms with Crippen molar-refractivity contribution in [2.24, 2.45) is 5.92 Å². The molecular weight excluding hydrogens is 362 g/mol. The first-order valence-corrected chi connectivity index (χ1v) is 9.69. The van der Waals surface area contributed by atoms with Crippen LogP contribution in [0.2, 0.25) is 0 Å². The minimum Gasteiger partial charge on any atom is -0.452 e. The van der Waals surface area contributed by atoms with Gasteiger partial charge in [-0.15, -0.1) is 0 Å². The molecule has 2 aliphatic carbocycles. The van der Waals surface area contributed by atoms with Crippen LogP contribution in [0.4, 0.5) is 10.5 Å². The van der Waals surface area contributed by atoms with Gasteiger partial charge in [0.1, 0.15) is 0 Å². The highest BCUT2D eigenvalue weighted by Crippen LogP contribution is 2.30. The van der Waals surface area contributed by atoms with Gasteiger partial charge >= 0.3 is 12.0 Å². The molecule has 3 rings (SSSR count). The molecule has 0 aromatic heterocycles. The van der Waals surface area contributed by atoms with Gasteiger partial charge in [0.05, 0.1) is 5.56 Å². The maximum atomic E-state index is 12.0. The van der Waals surface area contributed by atoms with E-state index in [1.165, 1.54) is 18.6 Å². The number of esters is 1. The number of hydrogen-bond donors (Lipinski definition) is 3. The van der Waals surface area contributed by atoms with Gasteiger partial charge in [-0.1, -0.05) is 19.3 Å². The second kappa shape index (κ2) is 9.34. The molecule has 3 N–H and O–H groups in total. The summed E-state index contributed by atoms with van der Waals surface area (Å²) in [5.74, 6) is -1.28. The number of nitrogens with one attached hydrogen (secondary N) is 3. The Morgan fingerprint density at radius 1 is 0.929 bits per heavy atom. The van der Waals surface area contributed by atoms with Gasteiger partial charge in [-0.2, -0.15) is 0 Å². The molecule has 4 amide bonds. The lowest BCUT2D eigenvalue weighted by molar-refractivity contribution is -0.123. The predicted molar refractivity (Wildman–Crippen MR) is 102 cm³/mol. The van der Waals surface area contributed by atoms with Crippen LogP contribution in [0.1, 0.15) is 55.3 Å². The summed E-state index contributed by atoms with van der Waals surface area (Å²) in [6.45, 7) is -0.545. The van der Waals surface area contributed by atoms with E-state index < -0.39 is 24.5 Å². The van der Waals surface area contributed by atoms with E-state index in [0.29, 0.717) is 5.69 Å². The second-order valence-corrected chi connectivity index (χ2v) is 7.27. The van der Waals surface area contributed by atoms with E-state index in [9.17, 15) is 19.2 Å². The van der Waals surface area contributed by atoms with Crippen LogP contribution in [-0.4, -0.2) is 36.5 Å². The highest BCUT2D eigenvalue weighted by atomic mass is 16.5. The van der Waals surface area contributed by atoms with Crippen molar-refractivity contribution in [3.63, 3.8) is 0 Å². The molecule has 2 saturated carbocycles. The SMILES string of the molecule is O=C(COC(=O)c1ccc(NC(=O)C2CC2)cc1)NC(=O)NC1CCCCC1. The molecule has 0 heterocycles. The lowest BCUT2D eigenvalue weighted by Gasteiger charge is -2.22. The molecule has 2 fully saturated rings. The Hall–Kier alpha value is -2.90. The number of ether oxygens (including phenoxy) is 1. The average molecular weight is 387 g/mol. The van der Waals surface area contributed by atoms with Crippen molar-refractivity contribution in [1.82, 2.24) is 10.6 Å². The predicted octanol–water partition coefficient (Wildman–Crippen LogP) is 2.35. The van der Waals surface area contributed by atoms with Gasteiger partial charge in [0.2, 0.25) is 5.91 Å². The van der Waals surface area contributed by atoms with Crippen molar-refractivity contribution in [3.05, 3.63) is 29.8 Å². The Labute approximate surface area is 163 Å². The maximum Gasteiger partial charge on any atom is 0.338 e. The first-order valence-electron chi connectivity index (χ1n) is 9.69. The summed E-state index contributed by atoms with van der Waals surface area (Å²) in [4.78, 5) is 47.3. The van der Waals surface area contributed by atoms with Crippen molar-refractivity contribution in [1.29, 1.82) is 0 Å². The molecule has 150 valence electrons. The lowest BCUT2D eigenvalue weighted by atomic mass is 9.96. The summed E-state index contributed by atoms with van der Waals surface area (Å²) < 4.78 is 4.93. The molecule has 8 nitrogen and oxygen atoms in total. The fourth-order valence-electron chi connectivity index (χ4n) is 3.13. The van der Waals surface area contributed by atoms with Gasteiger partial charge in [0, 0.05) is 17.6 Å². The zero-order valence-electron chi connectivity index (χ0n) is 15.7. The van der Waals surface area contributed by atoms with E-state index in [4.69, 9.17) is 4.74 Å². The lowest BCUT2D eigenvalue weighted by Crippen LogP contribution is -2.46. The van der Waals surface area contributed by atoms with Crippen LogP contribution in [0.3, 0.4) is 0 Å². The molecule has 1 aromatic rings. The average Bonchev–Trinajstić information content (AvgIpc) is 3.53. The van der Waals surface area contributed by atoms with Crippen LogP contribution < -0.4 is 16.0 Å². The highest BCUT2D eigenvalue weighted by Gasteiger charge is 2.29. The van der Waals surface area contributed by atoms with Crippen LogP contribution >= 0.6 is 0 Å².